The quantitative estimate of drug-likeness (QED) is 0.846. The van der Waals surface area contributed by atoms with Crippen molar-refractivity contribution in [2.45, 2.75) is 0 Å². The molecule has 0 unspecified atom stereocenters. The molecule has 0 aliphatic carbocycles. The van der Waals surface area contributed by atoms with Crippen LogP contribution >= 0.6 is 11.6 Å². The molecule has 1 fully saturated rings. The maximum atomic E-state index is 6.06. The van der Waals surface area contributed by atoms with E-state index in [2.05, 4.69) is 34.0 Å². The van der Waals surface area contributed by atoms with Gasteiger partial charge in [0.2, 0.25) is 0 Å². The lowest BCUT2D eigenvalue weighted by Gasteiger charge is -2.34. The number of halogens is 1. The number of rotatable bonds is 2. The molecule has 0 N–H and O–H groups in total. The molecule has 4 heteroatoms. The van der Waals surface area contributed by atoms with E-state index in [9.17, 15) is 0 Å². The fourth-order valence-electron chi connectivity index (χ4n) is 2.49. The third-order valence-electron chi connectivity index (χ3n) is 3.73. The molecule has 1 aliphatic heterocycles. The number of likely N-dealkylation sites (N-methyl/N-ethyl adjacent to an activating group) is 1. The summed E-state index contributed by atoms with van der Waals surface area (Å²) in [5.74, 6) is 0. The van der Waals surface area contributed by atoms with E-state index in [4.69, 9.17) is 11.6 Å². The van der Waals surface area contributed by atoms with Crippen molar-refractivity contribution in [1.29, 1.82) is 0 Å². The van der Waals surface area contributed by atoms with E-state index >= 15 is 0 Å². The Bertz CT molecular complexity index is 592. The summed E-state index contributed by atoms with van der Waals surface area (Å²) in [6.07, 6.45) is 1.88. The van der Waals surface area contributed by atoms with Gasteiger partial charge in [-0.2, -0.15) is 0 Å². The minimum absolute atomic E-state index is 0.745. The lowest BCUT2D eigenvalue weighted by Crippen LogP contribution is -2.44. The van der Waals surface area contributed by atoms with Gasteiger partial charge in [-0.15, -0.1) is 0 Å². The average Bonchev–Trinajstić information content (AvgIpc) is 2.48. The summed E-state index contributed by atoms with van der Waals surface area (Å²) in [5, 5.41) is 0.745. The third-order valence-corrected chi connectivity index (χ3v) is 3.97. The summed E-state index contributed by atoms with van der Waals surface area (Å²) in [7, 11) is 2.17. The summed E-state index contributed by atoms with van der Waals surface area (Å²) in [6, 6.07) is 12.1. The first-order valence-corrected chi connectivity index (χ1v) is 7.26. The monoisotopic (exact) mass is 287 g/mol. The fourth-order valence-corrected chi connectivity index (χ4v) is 2.68. The Morgan fingerprint density at radius 2 is 1.85 bits per heavy atom. The predicted octanol–water partition coefficient (Wildman–Crippen LogP) is 3.15. The average molecular weight is 288 g/mol. The van der Waals surface area contributed by atoms with Gasteiger partial charge in [-0.05, 0) is 31.3 Å². The SMILES string of the molecule is CN1CCN(c2ccnc(-c3cccc(Cl)c3)c2)CC1. The molecule has 2 aromatic rings. The van der Waals surface area contributed by atoms with Gasteiger partial charge in [-0.1, -0.05) is 23.7 Å². The molecule has 1 aromatic carbocycles. The van der Waals surface area contributed by atoms with Crippen molar-refractivity contribution in [2.75, 3.05) is 38.1 Å². The van der Waals surface area contributed by atoms with E-state index in [1.54, 1.807) is 0 Å². The molecule has 0 amide bonds. The minimum atomic E-state index is 0.745. The minimum Gasteiger partial charge on any atom is -0.369 e. The molecule has 2 heterocycles. The molecule has 0 spiro atoms. The van der Waals surface area contributed by atoms with Crippen LogP contribution in [0, 0.1) is 0 Å². The van der Waals surface area contributed by atoms with E-state index in [1.165, 1.54) is 5.69 Å². The Kier molecular flexibility index (Phi) is 3.90. The standard InChI is InChI=1S/C16H18ClN3/c1-19-7-9-20(10-8-19)15-5-6-18-16(12-15)13-3-2-4-14(17)11-13/h2-6,11-12H,7-10H2,1H3. The van der Waals surface area contributed by atoms with Gasteiger partial charge >= 0.3 is 0 Å². The smallest absolute Gasteiger partial charge is 0.0723 e. The second kappa shape index (κ2) is 5.81. The van der Waals surface area contributed by atoms with E-state index < -0.39 is 0 Å². The van der Waals surface area contributed by atoms with Gasteiger partial charge in [-0.3, -0.25) is 4.98 Å². The van der Waals surface area contributed by atoms with E-state index in [0.717, 1.165) is 42.5 Å². The first-order chi connectivity index (χ1) is 9.72. The first-order valence-electron chi connectivity index (χ1n) is 6.88. The molecule has 0 bridgehead atoms. The van der Waals surface area contributed by atoms with Crippen LogP contribution in [0.4, 0.5) is 5.69 Å². The van der Waals surface area contributed by atoms with Gasteiger partial charge in [-0.25, -0.2) is 0 Å². The Morgan fingerprint density at radius 3 is 2.60 bits per heavy atom. The topological polar surface area (TPSA) is 19.4 Å². The summed E-state index contributed by atoms with van der Waals surface area (Å²) in [6.45, 7) is 4.34. The Hall–Kier alpha value is -1.58. The van der Waals surface area contributed by atoms with Gasteiger partial charge in [0.05, 0.1) is 5.69 Å². The molecule has 3 nitrogen and oxygen atoms in total. The Morgan fingerprint density at radius 1 is 1.05 bits per heavy atom. The van der Waals surface area contributed by atoms with Crippen LogP contribution in [0.1, 0.15) is 0 Å². The summed E-state index contributed by atoms with van der Waals surface area (Å²) < 4.78 is 0. The lowest BCUT2D eigenvalue weighted by atomic mass is 10.1. The van der Waals surface area contributed by atoms with Crippen molar-refractivity contribution >= 4 is 17.3 Å². The number of piperazine rings is 1. The summed E-state index contributed by atoms with van der Waals surface area (Å²) in [5.41, 5.74) is 3.28. The molecule has 1 aliphatic rings. The number of pyridine rings is 1. The van der Waals surface area contributed by atoms with Crippen molar-refractivity contribution in [1.82, 2.24) is 9.88 Å². The molecule has 20 heavy (non-hydrogen) atoms. The van der Waals surface area contributed by atoms with Crippen LogP contribution in [0.25, 0.3) is 11.3 Å². The van der Waals surface area contributed by atoms with Crippen LogP contribution in [0.2, 0.25) is 5.02 Å². The molecular weight excluding hydrogens is 270 g/mol. The number of benzene rings is 1. The van der Waals surface area contributed by atoms with Crippen LogP contribution in [-0.2, 0) is 0 Å². The maximum absolute atomic E-state index is 6.06. The van der Waals surface area contributed by atoms with Gasteiger partial charge in [0.1, 0.15) is 0 Å². The van der Waals surface area contributed by atoms with Crippen LogP contribution in [-0.4, -0.2) is 43.1 Å². The number of hydrogen-bond donors (Lipinski definition) is 0. The van der Waals surface area contributed by atoms with Gasteiger partial charge < -0.3 is 9.80 Å². The lowest BCUT2D eigenvalue weighted by molar-refractivity contribution is 0.313. The summed E-state index contributed by atoms with van der Waals surface area (Å²) >= 11 is 6.06. The third kappa shape index (κ3) is 2.94. The molecule has 1 aromatic heterocycles. The van der Waals surface area contributed by atoms with E-state index in [1.807, 2.05) is 30.5 Å². The zero-order chi connectivity index (χ0) is 13.9. The van der Waals surface area contributed by atoms with Crippen LogP contribution in [0.5, 0.6) is 0 Å². The second-order valence-electron chi connectivity index (χ2n) is 5.20. The van der Waals surface area contributed by atoms with Crippen LogP contribution < -0.4 is 4.90 Å². The van der Waals surface area contributed by atoms with Gasteiger partial charge in [0, 0.05) is 48.6 Å². The first kappa shape index (κ1) is 13.4. The van der Waals surface area contributed by atoms with Crippen LogP contribution in [0.3, 0.4) is 0 Å². The Balaban J connectivity index is 1.86. The normalized spacial score (nSPS) is 16.4. The zero-order valence-corrected chi connectivity index (χ0v) is 12.3. The van der Waals surface area contributed by atoms with Crippen molar-refractivity contribution in [2.24, 2.45) is 0 Å². The van der Waals surface area contributed by atoms with Crippen LogP contribution in [0.15, 0.2) is 42.6 Å². The highest BCUT2D eigenvalue weighted by atomic mass is 35.5. The van der Waals surface area contributed by atoms with Gasteiger partial charge in [0.25, 0.3) is 0 Å². The molecule has 0 radical (unpaired) electrons. The molecule has 104 valence electrons. The van der Waals surface area contributed by atoms with Crippen molar-refractivity contribution < 1.29 is 0 Å². The highest BCUT2D eigenvalue weighted by molar-refractivity contribution is 6.30. The van der Waals surface area contributed by atoms with Crippen molar-refractivity contribution in [3.8, 4) is 11.3 Å². The number of anilines is 1. The molecule has 1 saturated heterocycles. The molecular formula is C16H18ClN3. The second-order valence-corrected chi connectivity index (χ2v) is 5.64. The van der Waals surface area contributed by atoms with Crippen molar-refractivity contribution in [3.05, 3.63) is 47.6 Å². The maximum Gasteiger partial charge on any atom is 0.0723 e. The zero-order valence-electron chi connectivity index (χ0n) is 11.6. The highest BCUT2D eigenvalue weighted by Gasteiger charge is 2.14. The fraction of sp³-hybridized carbons (Fsp3) is 0.312. The largest absolute Gasteiger partial charge is 0.369 e. The predicted molar refractivity (Wildman–Crippen MR) is 84.4 cm³/mol. The number of nitrogens with zero attached hydrogens (tertiary/aromatic N) is 3. The van der Waals surface area contributed by atoms with E-state index in [0.29, 0.717) is 0 Å². The number of hydrogen-bond acceptors (Lipinski definition) is 3. The number of aromatic nitrogens is 1. The van der Waals surface area contributed by atoms with E-state index in [-0.39, 0.29) is 0 Å². The Labute approximate surface area is 124 Å². The summed E-state index contributed by atoms with van der Waals surface area (Å²) in [4.78, 5) is 9.23. The molecule has 0 atom stereocenters. The van der Waals surface area contributed by atoms with Gasteiger partial charge in [0.15, 0.2) is 0 Å². The molecule has 3 rings (SSSR count). The molecule has 0 saturated carbocycles. The highest BCUT2D eigenvalue weighted by Crippen LogP contribution is 2.25. The van der Waals surface area contributed by atoms with Crippen molar-refractivity contribution in [3.63, 3.8) is 0 Å².